The van der Waals surface area contributed by atoms with Crippen molar-refractivity contribution in [2.24, 2.45) is 10.7 Å². The van der Waals surface area contributed by atoms with Crippen molar-refractivity contribution in [1.29, 1.82) is 0 Å². The van der Waals surface area contributed by atoms with Crippen LogP contribution in [0.15, 0.2) is 59.1 Å². The van der Waals surface area contributed by atoms with Gasteiger partial charge in [0.2, 0.25) is 5.91 Å². The van der Waals surface area contributed by atoms with Gasteiger partial charge in [-0.25, -0.2) is 8.78 Å². The summed E-state index contributed by atoms with van der Waals surface area (Å²) in [5, 5.41) is 0. The quantitative estimate of drug-likeness (QED) is 0.795. The Morgan fingerprint density at radius 2 is 1.81 bits per heavy atom. The molecule has 2 aromatic rings. The molecule has 2 atom stereocenters. The number of hydrogen-bond donors (Lipinski definition) is 1. The highest BCUT2D eigenvalue weighted by Crippen LogP contribution is 2.47. The van der Waals surface area contributed by atoms with Gasteiger partial charge in [-0.3, -0.25) is 9.79 Å². The predicted molar refractivity (Wildman–Crippen MR) is 101 cm³/mol. The van der Waals surface area contributed by atoms with E-state index >= 15 is 0 Å². The van der Waals surface area contributed by atoms with Gasteiger partial charge in [0.1, 0.15) is 16.5 Å². The summed E-state index contributed by atoms with van der Waals surface area (Å²) in [4.78, 5) is 14.4. The lowest BCUT2D eigenvalue weighted by Gasteiger charge is -2.35. The van der Waals surface area contributed by atoms with E-state index in [4.69, 9.17) is 22.1 Å². The van der Waals surface area contributed by atoms with Crippen molar-refractivity contribution in [3.05, 3.63) is 76.9 Å². The zero-order valence-corrected chi connectivity index (χ0v) is 15.2. The fourth-order valence-electron chi connectivity index (χ4n) is 3.25. The van der Waals surface area contributed by atoms with Gasteiger partial charge in [-0.15, -0.1) is 11.6 Å². The van der Waals surface area contributed by atoms with Gasteiger partial charge in [-0.05, 0) is 23.3 Å². The average Bonchev–Trinajstić information content (AvgIpc) is 2.63. The van der Waals surface area contributed by atoms with Crippen LogP contribution in [0, 0.1) is 11.6 Å². The number of primary amides is 1. The Labute approximate surface area is 160 Å². The Kier molecular flexibility index (Phi) is 5.39. The summed E-state index contributed by atoms with van der Waals surface area (Å²) in [5.41, 5.74) is 6.17. The maximum Gasteiger partial charge on any atom is 0.246 e. The highest BCUT2D eigenvalue weighted by molar-refractivity contribution is 6.39. The molecule has 3 rings (SSSR count). The minimum Gasteiger partial charge on any atom is -0.380 e. The Bertz CT molecular complexity index is 945. The van der Waals surface area contributed by atoms with Gasteiger partial charge in [-0.2, -0.15) is 0 Å². The highest BCUT2D eigenvalue weighted by atomic mass is 35.5. The van der Waals surface area contributed by atoms with Gasteiger partial charge in [0.25, 0.3) is 0 Å². The molecule has 0 fully saturated rings. The van der Waals surface area contributed by atoms with Crippen LogP contribution in [0.3, 0.4) is 0 Å². The number of dihydropyridines is 1. The van der Waals surface area contributed by atoms with Gasteiger partial charge in [0.15, 0.2) is 6.04 Å². The number of carbonyl (C=O) groups is 1. The second-order valence-electron chi connectivity index (χ2n) is 6.09. The number of alkyl halides is 1. The van der Waals surface area contributed by atoms with Crippen LogP contribution in [0.4, 0.5) is 8.78 Å². The van der Waals surface area contributed by atoms with Crippen molar-refractivity contribution in [3.63, 3.8) is 0 Å². The zero-order chi connectivity index (χ0) is 19.6. The van der Waals surface area contributed by atoms with Crippen molar-refractivity contribution in [3.8, 4) is 0 Å². The lowest BCUT2D eigenvalue weighted by molar-refractivity contribution is -0.118. The molecule has 0 saturated heterocycles. The van der Waals surface area contributed by atoms with Crippen LogP contribution in [0.25, 0.3) is 5.57 Å². The number of nitrogens with two attached hydrogens (primary N) is 1. The molecule has 1 aliphatic rings. The van der Waals surface area contributed by atoms with E-state index in [2.05, 4.69) is 4.99 Å². The molecule has 140 valence electrons. The van der Waals surface area contributed by atoms with Crippen LogP contribution in [-0.4, -0.2) is 31.9 Å². The molecule has 4 nitrogen and oxygen atoms in total. The molecule has 2 N–H and O–H groups in total. The van der Waals surface area contributed by atoms with E-state index in [9.17, 15) is 13.6 Å². The van der Waals surface area contributed by atoms with Gasteiger partial charge in [0, 0.05) is 24.5 Å². The van der Waals surface area contributed by atoms with Crippen molar-refractivity contribution in [2.45, 2.75) is 10.9 Å². The minimum atomic E-state index is -1.63. The standard InChI is InChI=1S/C20H17ClF2N2O2/c1-27-10-13-17(12-6-2-4-8-15(12)22)20(21,11-25-18(13)19(24)26)14-7-3-5-9-16(14)23/h2-9,11,18H,10H2,1H3,(H2,24,26). The van der Waals surface area contributed by atoms with Crippen molar-refractivity contribution in [1.82, 2.24) is 0 Å². The normalized spacial score (nSPS) is 22.1. The fraction of sp³-hybridized carbons (Fsp3) is 0.200. The number of rotatable bonds is 5. The number of amides is 1. The smallest absolute Gasteiger partial charge is 0.246 e. The van der Waals surface area contributed by atoms with Crippen LogP contribution in [0.2, 0.25) is 0 Å². The Balaban J connectivity index is 2.37. The molecule has 2 aromatic carbocycles. The van der Waals surface area contributed by atoms with Crippen LogP contribution >= 0.6 is 11.6 Å². The van der Waals surface area contributed by atoms with E-state index in [1.165, 1.54) is 49.7 Å². The first kappa shape index (κ1) is 19.2. The molecule has 0 aliphatic carbocycles. The lowest BCUT2D eigenvalue weighted by Crippen LogP contribution is -2.39. The third-order valence-electron chi connectivity index (χ3n) is 4.39. The van der Waals surface area contributed by atoms with Crippen molar-refractivity contribution >= 4 is 29.3 Å². The lowest BCUT2D eigenvalue weighted by atomic mass is 9.79. The third-order valence-corrected chi connectivity index (χ3v) is 4.89. The number of aliphatic imine (C=N–C) groups is 1. The number of allylic oxidation sites excluding steroid dienone is 1. The molecule has 1 amide bonds. The average molecular weight is 391 g/mol. The number of benzene rings is 2. The number of methoxy groups -OCH3 is 1. The van der Waals surface area contributed by atoms with Crippen molar-refractivity contribution in [2.75, 3.05) is 13.7 Å². The van der Waals surface area contributed by atoms with E-state index in [1.54, 1.807) is 12.1 Å². The molecule has 0 saturated carbocycles. The predicted octanol–water partition coefficient (Wildman–Crippen LogP) is 3.44. The third kappa shape index (κ3) is 3.38. The summed E-state index contributed by atoms with van der Waals surface area (Å²) in [6, 6.07) is 10.7. The molecule has 2 unspecified atom stereocenters. The van der Waals surface area contributed by atoms with Gasteiger partial charge < -0.3 is 10.5 Å². The number of hydrogen-bond acceptors (Lipinski definition) is 3. The maximum absolute atomic E-state index is 14.7. The zero-order valence-electron chi connectivity index (χ0n) is 14.5. The van der Waals surface area contributed by atoms with Crippen LogP contribution < -0.4 is 5.73 Å². The summed E-state index contributed by atoms with van der Waals surface area (Å²) in [7, 11) is 1.42. The Morgan fingerprint density at radius 3 is 2.41 bits per heavy atom. The molecule has 0 bridgehead atoms. The van der Waals surface area contributed by atoms with Crippen molar-refractivity contribution < 1.29 is 18.3 Å². The summed E-state index contributed by atoms with van der Waals surface area (Å²) in [6.07, 6.45) is 1.24. The van der Waals surface area contributed by atoms with E-state index < -0.39 is 28.5 Å². The fourth-order valence-corrected chi connectivity index (χ4v) is 3.68. The summed E-state index contributed by atoms with van der Waals surface area (Å²) in [5.74, 6) is -1.89. The second kappa shape index (κ2) is 7.58. The maximum atomic E-state index is 14.7. The molecule has 7 heteroatoms. The number of carbonyl (C=O) groups excluding carboxylic acids is 1. The molecule has 27 heavy (non-hydrogen) atoms. The van der Waals surface area contributed by atoms with E-state index in [-0.39, 0.29) is 28.9 Å². The highest BCUT2D eigenvalue weighted by Gasteiger charge is 2.43. The van der Waals surface area contributed by atoms with Gasteiger partial charge in [-0.1, -0.05) is 36.4 Å². The first-order valence-corrected chi connectivity index (χ1v) is 8.53. The molecule has 0 aromatic heterocycles. The minimum absolute atomic E-state index is 0.0719. The van der Waals surface area contributed by atoms with E-state index in [1.807, 2.05) is 0 Å². The van der Waals surface area contributed by atoms with E-state index in [0.29, 0.717) is 0 Å². The van der Waals surface area contributed by atoms with E-state index in [0.717, 1.165) is 0 Å². The largest absolute Gasteiger partial charge is 0.380 e. The first-order chi connectivity index (χ1) is 12.9. The number of halogens is 3. The van der Waals surface area contributed by atoms with Crippen LogP contribution in [0.5, 0.6) is 0 Å². The van der Waals surface area contributed by atoms with Gasteiger partial charge in [0.05, 0.1) is 6.61 Å². The summed E-state index contributed by atoms with van der Waals surface area (Å²) < 4.78 is 34.5. The Morgan fingerprint density at radius 1 is 1.19 bits per heavy atom. The Hall–Kier alpha value is -2.57. The first-order valence-electron chi connectivity index (χ1n) is 8.15. The topological polar surface area (TPSA) is 64.7 Å². The molecular formula is C20H17ClF2N2O2. The number of ether oxygens (including phenoxy) is 1. The summed E-state index contributed by atoms with van der Waals surface area (Å²) in [6.45, 7) is -0.0719. The molecule has 1 heterocycles. The molecule has 1 aliphatic heterocycles. The number of nitrogens with zero attached hydrogens (tertiary/aromatic N) is 1. The van der Waals surface area contributed by atoms with Crippen LogP contribution in [0.1, 0.15) is 11.1 Å². The second-order valence-corrected chi connectivity index (χ2v) is 6.68. The molecule has 0 spiro atoms. The molecular weight excluding hydrogens is 374 g/mol. The SMILES string of the molecule is COCC1=C(c2ccccc2F)C(Cl)(c2ccccc2F)C=NC1C(N)=O. The monoisotopic (exact) mass is 390 g/mol. The molecule has 0 radical (unpaired) electrons. The van der Waals surface area contributed by atoms with Gasteiger partial charge >= 0.3 is 0 Å². The summed E-state index contributed by atoms with van der Waals surface area (Å²) >= 11 is 6.86. The van der Waals surface area contributed by atoms with Crippen LogP contribution in [-0.2, 0) is 14.4 Å².